The van der Waals surface area contributed by atoms with E-state index >= 15 is 0 Å². The number of aliphatic carboxylic acids is 1. The monoisotopic (exact) mass is 242 g/mol. The Kier molecular flexibility index (Phi) is 4.51. The fourth-order valence-corrected chi connectivity index (χ4v) is 2.06. The molecule has 0 aliphatic heterocycles. The Hall–Kier alpha value is -1.10. The highest BCUT2D eigenvalue weighted by molar-refractivity contribution is 5.88. The first-order valence-electron chi connectivity index (χ1n) is 6.24. The van der Waals surface area contributed by atoms with Crippen LogP contribution in [0.25, 0.3) is 0 Å². The number of nitrogens with one attached hydrogen (secondary N) is 1. The zero-order chi connectivity index (χ0) is 13.1. The molecule has 1 saturated carbocycles. The Bertz CT molecular complexity index is 288. The van der Waals surface area contributed by atoms with Gasteiger partial charge in [0.15, 0.2) is 0 Å². The molecule has 1 rings (SSSR count). The van der Waals surface area contributed by atoms with E-state index in [1.807, 2.05) is 13.8 Å². The highest BCUT2D eigenvalue weighted by Crippen LogP contribution is 2.34. The van der Waals surface area contributed by atoms with Crippen molar-refractivity contribution in [3.63, 3.8) is 0 Å². The summed E-state index contributed by atoms with van der Waals surface area (Å²) in [6.07, 6.45) is 3.02. The Morgan fingerprint density at radius 2 is 1.94 bits per heavy atom. The van der Waals surface area contributed by atoms with E-state index in [0.29, 0.717) is 12.8 Å². The first-order valence-corrected chi connectivity index (χ1v) is 6.24. The molecule has 0 heterocycles. The van der Waals surface area contributed by atoms with E-state index in [1.54, 1.807) is 0 Å². The summed E-state index contributed by atoms with van der Waals surface area (Å²) in [5.41, 5.74) is 5.04. The molecule has 0 saturated heterocycles. The van der Waals surface area contributed by atoms with E-state index in [-0.39, 0.29) is 18.4 Å². The summed E-state index contributed by atoms with van der Waals surface area (Å²) in [5.74, 6) is -1.07. The van der Waals surface area contributed by atoms with Crippen LogP contribution in [0.4, 0.5) is 0 Å². The molecule has 0 spiro atoms. The predicted molar refractivity (Wildman–Crippen MR) is 64.4 cm³/mol. The van der Waals surface area contributed by atoms with Crippen LogP contribution >= 0.6 is 0 Å². The van der Waals surface area contributed by atoms with Crippen molar-refractivity contribution < 1.29 is 14.7 Å². The van der Waals surface area contributed by atoms with E-state index < -0.39 is 17.4 Å². The van der Waals surface area contributed by atoms with Crippen LogP contribution in [0.3, 0.4) is 0 Å². The number of hydrogen-bond donors (Lipinski definition) is 3. The van der Waals surface area contributed by atoms with Crippen molar-refractivity contribution in [2.24, 2.45) is 17.1 Å². The zero-order valence-electron chi connectivity index (χ0n) is 10.5. The molecule has 1 aliphatic rings. The molecule has 0 aromatic carbocycles. The van der Waals surface area contributed by atoms with Gasteiger partial charge in [0.1, 0.15) is 6.04 Å². The number of hydrogen-bond acceptors (Lipinski definition) is 3. The smallest absolute Gasteiger partial charge is 0.326 e. The molecule has 5 nitrogen and oxygen atoms in total. The Morgan fingerprint density at radius 3 is 2.24 bits per heavy atom. The third-order valence-corrected chi connectivity index (χ3v) is 3.87. The van der Waals surface area contributed by atoms with Gasteiger partial charge in [0.25, 0.3) is 0 Å². The number of amides is 1. The van der Waals surface area contributed by atoms with Crippen LogP contribution in [0.5, 0.6) is 0 Å². The first-order chi connectivity index (χ1) is 8.00. The maximum Gasteiger partial charge on any atom is 0.326 e. The molecular weight excluding hydrogens is 220 g/mol. The van der Waals surface area contributed by atoms with Gasteiger partial charge in [-0.05, 0) is 31.6 Å². The van der Waals surface area contributed by atoms with E-state index in [4.69, 9.17) is 10.8 Å². The van der Waals surface area contributed by atoms with Gasteiger partial charge in [-0.25, -0.2) is 4.79 Å². The minimum absolute atomic E-state index is 0.0978. The van der Waals surface area contributed by atoms with Gasteiger partial charge in [0.05, 0.1) is 5.41 Å². The summed E-state index contributed by atoms with van der Waals surface area (Å²) in [4.78, 5) is 23.2. The van der Waals surface area contributed by atoms with Gasteiger partial charge in [0.2, 0.25) is 5.91 Å². The van der Waals surface area contributed by atoms with Gasteiger partial charge in [-0.3, -0.25) is 4.79 Å². The molecule has 4 N–H and O–H groups in total. The molecule has 0 aromatic heterocycles. The minimum Gasteiger partial charge on any atom is -0.480 e. The number of carbonyl (C=O) groups excluding carboxylic acids is 1. The standard InChI is InChI=1S/C12H22N2O3/c1-3-12(4-2,7-13)11(17)14-9(10(15)16)8-5-6-8/h8-9H,3-7,13H2,1-2H3,(H,14,17)(H,15,16). The summed E-state index contributed by atoms with van der Waals surface area (Å²) < 4.78 is 0. The number of nitrogens with two attached hydrogens (primary N) is 1. The Labute approximate surface area is 102 Å². The largest absolute Gasteiger partial charge is 0.480 e. The normalized spacial score (nSPS) is 17.6. The minimum atomic E-state index is -0.945. The summed E-state index contributed by atoms with van der Waals surface area (Å²) in [7, 11) is 0. The number of carboxylic acid groups (broad SMARTS) is 1. The molecule has 1 unspecified atom stereocenters. The lowest BCUT2D eigenvalue weighted by molar-refractivity contribution is -0.144. The molecule has 98 valence electrons. The van der Waals surface area contributed by atoms with Crippen molar-refractivity contribution in [3.8, 4) is 0 Å². The highest BCUT2D eigenvalue weighted by atomic mass is 16.4. The maximum atomic E-state index is 12.2. The van der Waals surface area contributed by atoms with Crippen LogP contribution in [-0.2, 0) is 9.59 Å². The fourth-order valence-electron chi connectivity index (χ4n) is 2.06. The SMILES string of the molecule is CCC(CC)(CN)C(=O)NC(C(=O)O)C1CC1. The summed E-state index contributed by atoms with van der Waals surface area (Å²) in [5, 5.41) is 11.7. The molecular formula is C12H22N2O3. The van der Waals surface area contributed by atoms with Crippen LogP contribution in [-0.4, -0.2) is 29.6 Å². The lowest BCUT2D eigenvalue weighted by Crippen LogP contribution is -2.51. The predicted octanol–water partition coefficient (Wildman–Crippen LogP) is 0.731. The average Bonchev–Trinajstić information content (AvgIpc) is 3.12. The molecule has 17 heavy (non-hydrogen) atoms. The van der Waals surface area contributed by atoms with Gasteiger partial charge in [-0.15, -0.1) is 0 Å². The van der Waals surface area contributed by atoms with Crippen LogP contribution in [0.2, 0.25) is 0 Å². The third kappa shape index (κ3) is 2.97. The molecule has 1 atom stereocenters. The number of carbonyl (C=O) groups is 2. The third-order valence-electron chi connectivity index (χ3n) is 3.87. The zero-order valence-corrected chi connectivity index (χ0v) is 10.5. The van der Waals surface area contributed by atoms with E-state index in [2.05, 4.69) is 5.32 Å². The molecule has 5 heteroatoms. The van der Waals surface area contributed by atoms with Crippen LogP contribution in [0.15, 0.2) is 0 Å². The quantitative estimate of drug-likeness (QED) is 0.613. The van der Waals surface area contributed by atoms with E-state index in [1.165, 1.54) is 0 Å². The number of rotatable bonds is 7. The number of carboxylic acids is 1. The van der Waals surface area contributed by atoms with Gasteiger partial charge < -0.3 is 16.2 Å². The molecule has 1 aliphatic carbocycles. The van der Waals surface area contributed by atoms with Crippen molar-refractivity contribution in [2.45, 2.75) is 45.6 Å². The van der Waals surface area contributed by atoms with E-state index in [9.17, 15) is 9.59 Å². The Balaban J connectivity index is 2.71. The molecule has 0 radical (unpaired) electrons. The van der Waals surface area contributed by atoms with Gasteiger partial charge in [-0.2, -0.15) is 0 Å². The summed E-state index contributed by atoms with van der Waals surface area (Å²) >= 11 is 0. The van der Waals surface area contributed by atoms with Crippen molar-refractivity contribution >= 4 is 11.9 Å². The van der Waals surface area contributed by atoms with Gasteiger partial charge in [-0.1, -0.05) is 13.8 Å². The topological polar surface area (TPSA) is 92.4 Å². The average molecular weight is 242 g/mol. The molecule has 0 aromatic rings. The van der Waals surface area contributed by atoms with Crippen molar-refractivity contribution in [1.82, 2.24) is 5.32 Å². The van der Waals surface area contributed by atoms with Crippen LogP contribution in [0, 0.1) is 11.3 Å². The summed E-state index contributed by atoms with van der Waals surface area (Å²) in [6.45, 7) is 4.06. The van der Waals surface area contributed by atoms with Crippen LogP contribution in [0.1, 0.15) is 39.5 Å². The Morgan fingerprint density at radius 1 is 1.41 bits per heavy atom. The van der Waals surface area contributed by atoms with E-state index in [0.717, 1.165) is 12.8 Å². The second-order valence-electron chi connectivity index (χ2n) is 4.82. The lowest BCUT2D eigenvalue weighted by Gasteiger charge is -2.30. The molecule has 1 amide bonds. The molecule has 1 fully saturated rings. The summed E-state index contributed by atoms with van der Waals surface area (Å²) in [6, 6.07) is -0.744. The molecule has 0 bridgehead atoms. The van der Waals surface area contributed by atoms with Crippen molar-refractivity contribution in [1.29, 1.82) is 0 Å². The lowest BCUT2D eigenvalue weighted by atomic mass is 9.81. The van der Waals surface area contributed by atoms with Crippen molar-refractivity contribution in [3.05, 3.63) is 0 Å². The van der Waals surface area contributed by atoms with Crippen LogP contribution < -0.4 is 11.1 Å². The van der Waals surface area contributed by atoms with Crippen molar-refractivity contribution in [2.75, 3.05) is 6.54 Å². The second-order valence-corrected chi connectivity index (χ2v) is 4.82. The van der Waals surface area contributed by atoms with Gasteiger partial charge >= 0.3 is 5.97 Å². The van der Waals surface area contributed by atoms with Gasteiger partial charge in [0, 0.05) is 6.54 Å². The highest BCUT2D eigenvalue weighted by Gasteiger charge is 2.41. The second kappa shape index (κ2) is 5.49. The maximum absolute atomic E-state index is 12.2. The fraction of sp³-hybridized carbons (Fsp3) is 0.833. The first kappa shape index (κ1) is 14.0.